The van der Waals surface area contributed by atoms with E-state index in [0.29, 0.717) is 16.3 Å². The molecule has 0 aliphatic rings. The molecule has 0 heterocycles. The average molecular weight is 295 g/mol. The van der Waals surface area contributed by atoms with Crippen LogP contribution in [0.4, 0.5) is 4.39 Å². The van der Waals surface area contributed by atoms with Gasteiger partial charge in [0.1, 0.15) is 11.6 Å². The molecule has 0 fully saturated rings. The summed E-state index contributed by atoms with van der Waals surface area (Å²) in [6.45, 7) is 1.89. The number of rotatable bonds is 4. The van der Waals surface area contributed by atoms with E-state index in [1.807, 2.05) is 19.1 Å². The summed E-state index contributed by atoms with van der Waals surface area (Å²) >= 11 is 6.00. The van der Waals surface area contributed by atoms with Crippen molar-refractivity contribution >= 4 is 11.6 Å². The molecule has 2 rings (SSSR count). The molecule has 0 saturated carbocycles. The number of benzene rings is 2. The lowest BCUT2D eigenvalue weighted by Crippen LogP contribution is -2.29. The Labute approximate surface area is 122 Å². The van der Waals surface area contributed by atoms with E-state index < -0.39 is 6.04 Å². The quantitative estimate of drug-likeness (QED) is 0.671. The van der Waals surface area contributed by atoms with Crippen LogP contribution in [-0.2, 0) is 0 Å². The van der Waals surface area contributed by atoms with Gasteiger partial charge in [0.05, 0.1) is 13.2 Å². The van der Waals surface area contributed by atoms with E-state index in [1.54, 1.807) is 18.2 Å². The molecule has 0 aliphatic carbocycles. The van der Waals surface area contributed by atoms with Gasteiger partial charge in [-0.2, -0.15) is 0 Å². The first-order valence-electron chi connectivity index (χ1n) is 6.12. The van der Waals surface area contributed by atoms with Gasteiger partial charge in [0.15, 0.2) is 0 Å². The molecule has 0 spiro atoms. The van der Waals surface area contributed by atoms with E-state index in [1.165, 1.54) is 13.2 Å². The first kappa shape index (κ1) is 14.8. The van der Waals surface area contributed by atoms with Crippen molar-refractivity contribution in [1.29, 1.82) is 0 Å². The van der Waals surface area contributed by atoms with Crippen molar-refractivity contribution in [2.75, 3.05) is 7.11 Å². The van der Waals surface area contributed by atoms with Crippen LogP contribution < -0.4 is 16.0 Å². The normalized spacial score (nSPS) is 12.2. The highest BCUT2D eigenvalue weighted by molar-refractivity contribution is 6.31. The lowest BCUT2D eigenvalue weighted by molar-refractivity contribution is 0.410. The van der Waals surface area contributed by atoms with E-state index in [4.69, 9.17) is 22.2 Å². The van der Waals surface area contributed by atoms with Gasteiger partial charge in [-0.1, -0.05) is 29.8 Å². The topological polar surface area (TPSA) is 47.3 Å². The van der Waals surface area contributed by atoms with Crippen LogP contribution in [0.1, 0.15) is 22.7 Å². The smallest absolute Gasteiger partial charge is 0.132 e. The Bertz CT molecular complexity index is 619. The number of nitrogens with two attached hydrogens (primary N) is 1. The molecule has 2 aromatic rings. The highest BCUT2D eigenvalue weighted by Gasteiger charge is 2.17. The van der Waals surface area contributed by atoms with Gasteiger partial charge in [-0.15, -0.1) is 0 Å². The van der Waals surface area contributed by atoms with Crippen molar-refractivity contribution < 1.29 is 9.13 Å². The van der Waals surface area contributed by atoms with E-state index in [2.05, 4.69) is 5.43 Å². The van der Waals surface area contributed by atoms with Crippen LogP contribution in [0.25, 0.3) is 0 Å². The molecular weight excluding hydrogens is 279 g/mol. The Balaban J connectivity index is 2.43. The van der Waals surface area contributed by atoms with Gasteiger partial charge in [-0.05, 0) is 30.2 Å². The van der Waals surface area contributed by atoms with Gasteiger partial charge in [0, 0.05) is 16.7 Å². The fourth-order valence-electron chi connectivity index (χ4n) is 2.08. The highest BCUT2D eigenvalue weighted by atomic mass is 35.5. The van der Waals surface area contributed by atoms with Crippen molar-refractivity contribution in [3.8, 4) is 5.75 Å². The van der Waals surface area contributed by atoms with Gasteiger partial charge in [0.25, 0.3) is 0 Å². The molecule has 20 heavy (non-hydrogen) atoms. The van der Waals surface area contributed by atoms with Gasteiger partial charge in [-0.3, -0.25) is 5.84 Å². The number of hydrogen-bond acceptors (Lipinski definition) is 3. The number of aryl methyl sites for hydroxylation is 1. The van der Waals surface area contributed by atoms with Crippen LogP contribution in [0.15, 0.2) is 36.4 Å². The molecule has 0 aliphatic heterocycles. The molecule has 106 valence electrons. The maximum Gasteiger partial charge on any atom is 0.132 e. The van der Waals surface area contributed by atoms with Crippen molar-refractivity contribution in [2.45, 2.75) is 13.0 Å². The molecular formula is C15H16ClFN2O. The number of halogens is 2. The summed E-state index contributed by atoms with van der Waals surface area (Å²) in [5.41, 5.74) is 4.85. The number of methoxy groups -OCH3 is 1. The molecule has 2 aromatic carbocycles. The Morgan fingerprint density at radius 3 is 2.55 bits per heavy atom. The summed E-state index contributed by atoms with van der Waals surface area (Å²) in [6, 6.07) is 9.73. The minimum atomic E-state index is -0.447. The predicted octanol–water partition coefficient (Wildman–Crippen LogP) is 3.35. The molecule has 0 aromatic heterocycles. The maximum absolute atomic E-state index is 14.1. The molecule has 1 unspecified atom stereocenters. The molecule has 1 atom stereocenters. The second-order valence-corrected chi connectivity index (χ2v) is 4.90. The van der Waals surface area contributed by atoms with Crippen LogP contribution in [0.2, 0.25) is 5.02 Å². The van der Waals surface area contributed by atoms with Crippen molar-refractivity contribution in [1.82, 2.24) is 5.43 Å². The summed E-state index contributed by atoms with van der Waals surface area (Å²) in [6.07, 6.45) is 0. The van der Waals surface area contributed by atoms with Crippen LogP contribution in [0, 0.1) is 12.7 Å². The van der Waals surface area contributed by atoms with E-state index in [-0.39, 0.29) is 5.82 Å². The van der Waals surface area contributed by atoms with Crippen LogP contribution in [-0.4, -0.2) is 7.11 Å². The van der Waals surface area contributed by atoms with Crippen LogP contribution >= 0.6 is 11.6 Å². The van der Waals surface area contributed by atoms with Gasteiger partial charge < -0.3 is 4.74 Å². The Kier molecular flexibility index (Phi) is 4.60. The Morgan fingerprint density at radius 2 is 2.00 bits per heavy atom. The summed E-state index contributed by atoms with van der Waals surface area (Å²) in [4.78, 5) is 0. The molecule has 0 saturated heterocycles. The molecule has 0 bridgehead atoms. The molecule has 5 heteroatoms. The second kappa shape index (κ2) is 6.22. The van der Waals surface area contributed by atoms with E-state index in [9.17, 15) is 4.39 Å². The fourth-order valence-corrected chi connectivity index (χ4v) is 2.20. The van der Waals surface area contributed by atoms with E-state index in [0.717, 1.165) is 11.1 Å². The Hall–Kier alpha value is -1.62. The molecule has 0 radical (unpaired) electrons. The monoisotopic (exact) mass is 294 g/mol. The molecule has 3 N–H and O–H groups in total. The van der Waals surface area contributed by atoms with Crippen LogP contribution in [0.5, 0.6) is 5.75 Å². The summed E-state index contributed by atoms with van der Waals surface area (Å²) in [5, 5.41) is 0.666. The highest BCUT2D eigenvalue weighted by Crippen LogP contribution is 2.28. The maximum atomic E-state index is 14.1. The number of nitrogens with one attached hydrogen (secondary N) is 1. The van der Waals surface area contributed by atoms with Crippen LogP contribution in [0.3, 0.4) is 0 Å². The van der Waals surface area contributed by atoms with Gasteiger partial charge in [-0.25, -0.2) is 9.82 Å². The zero-order valence-corrected chi connectivity index (χ0v) is 12.0. The lowest BCUT2D eigenvalue weighted by atomic mass is 9.97. The molecule has 3 nitrogen and oxygen atoms in total. The number of ether oxygens (including phenoxy) is 1. The summed E-state index contributed by atoms with van der Waals surface area (Å²) in [7, 11) is 1.50. The largest absolute Gasteiger partial charge is 0.497 e. The first-order valence-corrected chi connectivity index (χ1v) is 6.50. The van der Waals surface area contributed by atoms with Crippen molar-refractivity contribution in [3.63, 3.8) is 0 Å². The minimum absolute atomic E-state index is 0.375. The van der Waals surface area contributed by atoms with Gasteiger partial charge >= 0.3 is 0 Å². The van der Waals surface area contributed by atoms with Crippen molar-refractivity contribution in [3.05, 3.63) is 63.9 Å². The Morgan fingerprint density at radius 1 is 1.25 bits per heavy atom. The first-order chi connectivity index (χ1) is 9.56. The fraction of sp³-hybridized carbons (Fsp3) is 0.200. The van der Waals surface area contributed by atoms with E-state index >= 15 is 0 Å². The number of hydrogen-bond donors (Lipinski definition) is 2. The summed E-state index contributed by atoms with van der Waals surface area (Å²) < 4.78 is 19.1. The minimum Gasteiger partial charge on any atom is -0.497 e. The second-order valence-electron chi connectivity index (χ2n) is 4.50. The van der Waals surface area contributed by atoms with Crippen molar-refractivity contribution in [2.24, 2.45) is 5.84 Å². The number of hydrazine groups is 1. The third-order valence-electron chi connectivity index (χ3n) is 3.20. The zero-order valence-electron chi connectivity index (χ0n) is 11.3. The SMILES string of the molecule is COc1ccc(C(NN)c2ccc(Cl)c(C)c2)c(F)c1. The zero-order chi connectivity index (χ0) is 14.7. The third kappa shape index (κ3) is 2.93. The average Bonchev–Trinajstić information content (AvgIpc) is 2.45. The van der Waals surface area contributed by atoms with Gasteiger partial charge in [0.2, 0.25) is 0 Å². The molecule has 0 amide bonds. The third-order valence-corrected chi connectivity index (χ3v) is 3.62. The standard InChI is InChI=1S/C15H16ClFN2O/c1-9-7-10(3-6-13(9)16)15(19-18)12-5-4-11(20-2)8-14(12)17/h3-8,15,19H,18H2,1-2H3. The summed E-state index contributed by atoms with van der Waals surface area (Å²) in [5.74, 6) is 5.68. The lowest BCUT2D eigenvalue weighted by Gasteiger charge is -2.19. The predicted molar refractivity (Wildman–Crippen MR) is 78.3 cm³/mol.